The lowest BCUT2D eigenvalue weighted by Crippen LogP contribution is -2.25. The topological polar surface area (TPSA) is 43.7 Å². The second-order valence-corrected chi connectivity index (χ2v) is 13.9. The zero-order valence-electron chi connectivity index (χ0n) is 32.5. The molecule has 1 rings (SSSR count). The van der Waals surface area contributed by atoms with Crippen LogP contribution in [0.15, 0.2) is 61.0 Å². The SMILES string of the molecule is CCCCC/C=C\C/C=C\CCCCCCCCOc1cn(C(=O)CN(C)C)cc1OCCCCCCCC/C=C\C/C=C\CCCCC. The van der Waals surface area contributed by atoms with E-state index >= 15 is 0 Å². The summed E-state index contributed by atoms with van der Waals surface area (Å²) in [7, 11) is 3.82. The van der Waals surface area contributed by atoms with Gasteiger partial charge < -0.3 is 14.4 Å². The molecule has 0 amide bonds. The van der Waals surface area contributed by atoms with Crippen LogP contribution in [0.4, 0.5) is 0 Å². The van der Waals surface area contributed by atoms with Gasteiger partial charge in [-0.25, -0.2) is 0 Å². The molecule has 0 bridgehead atoms. The number of carbonyl (C=O) groups excluding carboxylic acids is 1. The first-order valence-electron chi connectivity index (χ1n) is 20.3. The molecule has 1 aromatic heterocycles. The number of rotatable bonds is 34. The number of aromatic nitrogens is 1. The zero-order valence-corrected chi connectivity index (χ0v) is 32.5. The van der Waals surface area contributed by atoms with Crippen LogP contribution in [0.5, 0.6) is 11.5 Å². The largest absolute Gasteiger partial charge is 0.488 e. The van der Waals surface area contributed by atoms with Gasteiger partial charge in [-0.15, -0.1) is 0 Å². The molecule has 0 atom stereocenters. The number of allylic oxidation sites excluding steroid dienone is 8. The van der Waals surface area contributed by atoms with Gasteiger partial charge in [0.05, 0.1) is 32.2 Å². The summed E-state index contributed by atoms with van der Waals surface area (Å²) >= 11 is 0. The molecule has 0 saturated carbocycles. The second kappa shape index (κ2) is 33.9. The standard InChI is InChI=1S/C44H76N2O3/c1-5-7-9-11-13-15-17-19-21-23-25-27-29-31-33-35-37-48-42-39-46(44(47)41-45(3)4)40-43(42)49-38-36-34-32-30-28-26-24-22-20-18-16-14-12-10-8-6-2/h13-16,19-22,39-40H,5-12,17-18,23-38,41H2,1-4H3/b15-13-,16-14-,21-19-,22-20-. The van der Waals surface area contributed by atoms with E-state index in [0.29, 0.717) is 31.3 Å². The maximum absolute atomic E-state index is 12.7. The molecule has 0 saturated heterocycles. The predicted octanol–water partition coefficient (Wildman–Crippen LogP) is 13.1. The van der Waals surface area contributed by atoms with Gasteiger partial charge in [-0.2, -0.15) is 0 Å². The third-order valence-electron chi connectivity index (χ3n) is 8.70. The minimum atomic E-state index is 0.0205. The molecule has 0 unspecified atom stereocenters. The van der Waals surface area contributed by atoms with E-state index in [-0.39, 0.29) is 5.91 Å². The molecule has 1 heterocycles. The molecular formula is C44H76N2O3. The van der Waals surface area contributed by atoms with Crippen molar-refractivity contribution in [1.29, 1.82) is 0 Å². The molecule has 0 aliphatic carbocycles. The summed E-state index contributed by atoms with van der Waals surface area (Å²) in [6.07, 6.45) is 51.6. The smallest absolute Gasteiger partial charge is 0.244 e. The number of ether oxygens (including phenoxy) is 2. The molecule has 5 heteroatoms. The predicted molar refractivity (Wildman–Crippen MR) is 213 cm³/mol. The van der Waals surface area contributed by atoms with Gasteiger partial charge >= 0.3 is 0 Å². The van der Waals surface area contributed by atoms with Crippen molar-refractivity contribution < 1.29 is 14.3 Å². The normalized spacial score (nSPS) is 12.2. The number of nitrogens with zero attached hydrogens (tertiary/aromatic N) is 2. The Hall–Kier alpha value is -2.53. The molecule has 0 aliphatic heterocycles. The Balaban J connectivity index is 2.20. The van der Waals surface area contributed by atoms with Crippen molar-refractivity contribution in [1.82, 2.24) is 9.47 Å². The van der Waals surface area contributed by atoms with Crippen molar-refractivity contribution in [3.05, 3.63) is 61.0 Å². The van der Waals surface area contributed by atoms with Gasteiger partial charge in [0.1, 0.15) is 0 Å². The first-order valence-corrected chi connectivity index (χ1v) is 20.3. The van der Waals surface area contributed by atoms with Gasteiger partial charge in [0.25, 0.3) is 0 Å². The Morgan fingerprint density at radius 1 is 0.531 bits per heavy atom. The highest BCUT2D eigenvalue weighted by Gasteiger charge is 2.15. The van der Waals surface area contributed by atoms with Crippen LogP contribution in [0.3, 0.4) is 0 Å². The number of hydrogen-bond donors (Lipinski definition) is 0. The number of unbranched alkanes of at least 4 members (excludes halogenated alkanes) is 18. The molecule has 0 radical (unpaired) electrons. The summed E-state index contributed by atoms with van der Waals surface area (Å²) in [6, 6.07) is 0. The first-order chi connectivity index (χ1) is 24.1. The molecule has 5 nitrogen and oxygen atoms in total. The lowest BCUT2D eigenvalue weighted by molar-refractivity contribution is 0.0875. The van der Waals surface area contributed by atoms with Crippen LogP contribution in [0.25, 0.3) is 0 Å². The molecule has 0 aliphatic rings. The maximum atomic E-state index is 12.7. The van der Waals surface area contributed by atoms with E-state index in [4.69, 9.17) is 9.47 Å². The van der Waals surface area contributed by atoms with Gasteiger partial charge in [0.15, 0.2) is 11.5 Å². The minimum absolute atomic E-state index is 0.0205. The van der Waals surface area contributed by atoms with E-state index in [1.54, 1.807) is 17.0 Å². The fraction of sp³-hybridized carbons (Fsp3) is 0.705. The molecule has 0 aromatic carbocycles. The van der Waals surface area contributed by atoms with Gasteiger partial charge in [-0.1, -0.05) is 140 Å². The average molecular weight is 681 g/mol. The van der Waals surface area contributed by atoms with E-state index in [1.165, 1.54) is 128 Å². The maximum Gasteiger partial charge on any atom is 0.244 e. The van der Waals surface area contributed by atoms with E-state index in [0.717, 1.165) is 25.7 Å². The Labute approximate surface area is 303 Å². The van der Waals surface area contributed by atoms with Crippen molar-refractivity contribution in [3.8, 4) is 11.5 Å². The zero-order chi connectivity index (χ0) is 35.5. The molecule has 0 N–H and O–H groups in total. The summed E-state index contributed by atoms with van der Waals surface area (Å²) in [4.78, 5) is 14.6. The lowest BCUT2D eigenvalue weighted by atomic mass is 10.1. The molecular weight excluding hydrogens is 604 g/mol. The second-order valence-electron chi connectivity index (χ2n) is 13.9. The van der Waals surface area contributed by atoms with Crippen molar-refractivity contribution >= 4 is 5.91 Å². The van der Waals surface area contributed by atoms with Crippen LogP contribution in [0.1, 0.15) is 173 Å². The van der Waals surface area contributed by atoms with Crippen LogP contribution in [-0.4, -0.2) is 49.2 Å². The highest BCUT2D eigenvalue weighted by atomic mass is 16.5. The molecule has 49 heavy (non-hydrogen) atoms. The Kier molecular flexibility index (Phi) is 30.8. The summed E-state index contributed by atoms with van der Waals surface area (Å²) in [5.41, 5.74) is 0. The fourth-order valence-electron chi connectivity index (χ4n) is 5.67. The van der Waals surface area contributed by atoms with Gasteiger partial charge in [0, 0.05) is 0 Å². The molecule has 0 fully saturated rings. The van der Waals surface area contributed by atoms with E-state index in [2.05, 4.69) is 62.5 Å². The minimum Gasteiger partial charge on any atom is -0.488 e. The van der Waals surface area contributed by atoms with E-state index in [1.807, 2.05) is 19.0 Å². The van der Waals surface area contributed by atoms with Crippen molar-refractivity contribution in [2.45, 2.75) is 168 Å². The number of hydrogen-bond acceptors (Lipinski definition) is 4. The van der Waals surface area contributed by atoms with Gasteiger partial charge in [-0.3, -0.25) is 9.36 Å². The summed E-state index contributed by atoms with van der Waals surface area (Å²) in [5, 5.41) is 0. The highest BCUT2D eigenvalue weighted by molar-refractivity contribution is 5.81. The Bertz CT molecular complexity index is 936. The Morgan fingerprint density at radius 2 is 0.878 bits per heavy atom. The van der Waals surface area contributed by atoms with Gasteiger partial charge in [0.2, 0.25) is 5.91 Å². The summed E-state index contributed by atoms with van der Waals surface area (Å²) in [6.45, 7) is 6.17. The quantitative estimate of drug-likeness (QED) is 0.0537. The first kappa shape index (κ1) is 44.5. The number of carbonyl (C=O) groups is 1. The Morgan fingerprint density at radius 3 is 1.24 bits per heavy atom. The van der Waals surface area contributed by atoms with Crippen LogP contribution >= 0.6 is 0 Å². The van der Waals surface area contributed by atoms with Crippen LogP contribution in [0, 0.1) is 0 Å². The third kappa shape index (κ3) is 27.9. The van der Waals surface area contributed by atoms with Crippen LogP contribution < -0.4 is 9.47 Å². The lowest BCUT2D eigenvalue weighted by Gasteiger charge is -2.09. The monoisotopic (exact) mass is 681 g/mol. The highest BCUT2D eigenvalue weighted by Crippen LogP contribution is 2.29. The molecule has 280 valence electrons. The van der Waals surface area contributed by atoms with Crippen molar-refractivity contribution in [2.75, 3.05) is 33.9 Å². The fourth-order valence-corrected chi connectivity index (χ4v) is 5.67. The van der Waals surface area contributed by atoms with Gasteiger partial charge in [-0.05, 0) is 91.1 Å². The summed E-state index contributed by atoms with van der Waals surface area (Å²) in [5.74, 6) is 1.40. The van der Waals surface area contributed by atoms with Crippen LogP contribution in [-0.2, 0) is 0 Å². The van der Waals surface area contributed by atoms with Crippen molar-refractivity contribution in [3.63, 3.8) is 0 Å². The number of likely N-dealkylation sites (N-methyl/N-ethyl adjacent to an activating group) is 1. The third-order valence-corrected chi connectivity index (χ3v) is 8.70. The van der Waals surface area contributed by atoms with Crippen molar-refractivity contribution in [2.24, 2.45) is 0 Å². The van der Waals surface area contributed by atoms with E-state index < -0.39 is 0 Å². The molecule has 1 aromatic rings. The average Bonchev–Trinajstić information content (AvgIpc) is 3.50. The molecule has 0 spiro atoms. The van der Waals surface area contributed by atoms with Crippen LogP contribution in [0.2, 0.25) is 0 Å². The summed E-state index contributed by atoms with van der Waals surface area (Å²) < 4.78 is 13.9. The van der Waals surface area contributed by atoms with E-state index in [9.17, 15) is 4.79 Å².